The number of hydrogen-bond donors (Lipinski definition) is 1. The van der Waals surface area contributed by atoms with Gasteiger partial charge in [-0.2, -0.15) is 4.31 Å². The highest BCUT2D eigenvalue weighted by Gasteiger charge is 2.32. The van der Waals surface area contributed by atoms with E-state index in [1.54, 1.807) is 0 Å². The van der Waals surface area contributed by atoms with Gasteiger partial charge < -0.3 is 5.11 Å². The summed E-state index contributed by atoms with van der Waals surface area (Å²) in [6, 6.07) is 4.47. The van der Waals surface area contributed by atoms with Crippen LogP contribution >= 0.6 is 15.9 Å². The molecule has 1 aromatic rings. The predicted octanol–water partition coefficient (Wildman–Crippen LogP) is 0.360. The molecule has 20 heavy (non-hydrogen) atoms. The minimum absolute atomic E-state index is 0.0289. The highest BCUT2D eigenvalue weighted by Crippen LogP contribution is 2.27. The van der Waals surface area contributed by atoms with Crippen molar-refractivity contribution in [3.63, 3.8) is 0 Å². The lowest BCUT2D eigenvalue weighted by molar-refractivity contribution is 0.281. The van der Waals surface area contributed by atoms with Gasteiger partial charge in [0.05, 0.1) is 23.0 Å². The molecule has 1 fully saturated rings. The number of nitrogens with zero attached hydrogens (tertiary/aromatic N) is 1. The molecule has 1 heterocycles. The number of benzene rings is 1. The van der Waals surface area contributed by atoms with Crippen molar-refractivity contribution in [2.45, 2.75) is 11.5 Å². The van der Waals surface area contributed by atoms with Gasteiger partial charge in [-0.15, -0.1) is 0 Å². The van der Waals surface area contributed by atoms with Crippen LogP contribution in [-0.4, -0.2) is 50.8 Å². The first-order chi connectivity index (χ1) is 9.26. The van der Waals surface area contributed by atoms with Crippen LogP contribution in [0.1, 0.15) is 5.56 Å². The van der Waals surface area contributed by atoms with E-state index in [0.29, 0.717) is 10.0 Å². The molecule has 1 N–H and O–H groups in total. The van der Waals surface area contributed by atoms with Crippen molar-refractivity contribution < 1.29 is 21.9 Å². The fourth-order valence-corrected chi connectivity index (χ4v) is 5.89. The van der Waals surface area contributed by atoms with E-state index >= 15 is 0 Å². The van der Waals surface area contributed by atoms with Crippen LogP contribution in [0.15, 0.2) is 27.6 Å². The molecular formula is C11H14BrNO5S2. The monoisotopic (exact) mass is 383 g/mol. The van der Waals surface area contributed by atoms with Gasteiger partial charge in [0.15, 0.2) is 9.84 Å². The highest BCUT2D eigenvalue weighted by molar-refractivity contribution is 9.10. The van der Waals surface area contributed by atoms with Crippen LogP contribution in [0.4, 0.5) is 0 Å². The summed E-state index contributed by atoms with van der Waals surface area (Å²) >= 11 is 3.18. The second kappa shape index (κ2) is 5.72. The number of sulfone groups is 1. The first-order valence-electron chi connectivity index (χ1n) is 5.86. The van der Waals surface area contributed by atoms with Crippen molar-refractivity contribution in [2.75, 3.05) is 24.6 Å². The van der Waals surface area contributed by atoms with Gasteiger partial charge in [-0.25, -0.2) is 16.8 Å². The summed E-state index contributed by atoms with van der Waals surface area (Å²) < 4.78 is 49.1. The molecule has 0 aromatic heterocycles. The second-order valence-electron chi connectivity index (χ2n) is 4.48. The van der Waals surface area contributed by atoms with E-state index in [0.717, 1.165) is 0 Å². The zero-order valence-corrected chi connectivity index (χ0v) is 13.7. The maximum atomic E-state index is 12.5. The zero-order chi connectivity index (χ0) is 15.0. The molecule has 0 spiro atoms. The van der Waals surface area contributed by atoms with Crippen molar-refractivity contribution in [3.8, 4) is 0 Å². The maximum Gasteiger partial charge on any atom is 0.244 e. The van der Waals surface area contributed by atoms with E-state index in [9.17, 15) is 16.8 Å². The SMILES string of the molecule is O=S1(=O)CCN(S(=O)(=O)c2ccc(CO)cc2Br)CC1. The number of sulfonamides is 1. The van der Waals surface area contributed by atoms with Crippen LogP contribution in [0.2, 0.25) is 0 Å². The minimum atomic E-state index is -3.73. The van der Waals surface area contributed by atoms with Gasteiger partial charge in [-0.3, -0.25) is 0 Å². The molecular weight excluding hydrogens is 370 g/mol. The van der Waals surface area contributed by atoms with Gasteiger partial charge in [0.1, 0.15) is 0 Å². The summed E-state index contributed by atoms with van der Waals surface area (Å²) in [5.41, 5.74) is 0.594. The number of rotatable bonds is 3. The van der Waals surface area contributed by atoms with Gasteiger partial charge in [-0.1, -0.05) is 6.07 Å². The third-order valence-electron chi connectivity index (χ3n) is 3.10. The van der Waals surface area contributed by atoms with Crippen molar-refractivity contribution in [1.82, 2.24) is 4.31 Å². The molecule has 1 saturated heterocycles. The minimum Gasteiger partial charge on any atom is -0.392 e. The molecule has 9 heteroatoms. The van der Waals surface area contributed by atoms with E-state index < -0.39 is 19.9 Å². The summed E-state index contributed by atoms with van der Waals surface area (Å²) in [6.45, 7) is -0.237. The Bertz CT molecular complexity index is 700. The van der Waals surface area contributed by atoms with E-state index in [4.69, 9.17) is 5.11 Å². The summed E-state index contributed by atoms with van der Waals surface area (Å²) in [7, 11) is -6.86. The predicted molar refractivity (Wildman–Crippen MR) is 77.5 cm³/mol. The molecule has 1 aliphatic rings. The molecule has 1 aliphatic heterocycles. The summed E-state index contributed by atoms with van der Waals surface area (Å²) in [5.74, 6) is -0.308. The maximum absolute atomic E-state index is 12.5. The number of hydrogen-bond acceptors (Lipinski definition) is 5. The highest BCUT2D eigenvalue weighted by atomic mass is 79.9. The third kappa shape index (κ3) is 3.22. The van der Waals surface area contributed by atoms with Crippen molar-refractivity contribution >= 4 is 35.8 Å². The van der Waals surface area contributed by atoms with Crippen LogP contribution in [0.3, 0.4) is 0 Å². The number of halogens is 1. The molecule has 0 bridgehead atoms. The average Bonchev–Trinajstić information content (AvgIpc) is 2.37. The number of aliphatic hydroxyl groups is 1. The molecule has 0 saturated carbocycles. The van der Waals surface area contributed by atoms with Gasteiger partial charge in [0, 0.05) is 17.6 Å². The average molecular weight is 384 g/mol. The third-order valence-corrected chi connectivity index (χ3v) is 7.58. The lowest BCUT2D eigenvalue weighted by Crippen LogP contribution is -2.43. The van der Waals surface area contributed by atoms with Crippen LogP contribution < -0.4 is 0 Å². The van der Waals surface area contributed by atoms with Gasteiger partial charge in [0.25, 0.3) is 0 Å². The van der Waals surface area contributed by atoms with Crippen molar-refractivity contribution in [3.05, 3.63) is 28.2 Å². The van der Waals surface area contributed by atoms with E-state index in [1.165, 1.54) is 22.5 Å². The standard InChI is InChI=1S/C11H14BrNO5S2/c12-10-7-9(8-14)1-2-11(10)20(17,18)13-3-5-19(15,16)6-4-13/h1-2,7,14H,3-6,8H2. The lowest BCUT2D eigenvalue weighted by Gasteiger charge is -2.26. The molecule has 0 radical (unpaired) electrons. The molecule has 6 nitrogen and oxygen atoms in total. The Balaban J connectivity index is 2.32. The van der Waals surface area contributed by atoms with Crippen molar-refractivity contribution in [1.29, 1.82) is 0 Å². The second-order valence-corrected chi connectivity index (χ2v) is 9.54. The molecule has 0 unspecified atom stereocenters. The first-order valence-corrected chi connectivity index (χ1v) is 9.91. The molecule has 1 aromatic carbocycles. The van der Waals surface area contributed by atoms with E-state index in [-0.39, 0.29) is 36.1 Å². The number of aliphatic hydroxyl groups excluding tert-OH is 1. The Morgan fingerprint density at radius 2 is 1.85 bits per heavy atom. The Labute approximate surface area is 126 Å². The van der Waals surface area contributed by atoms with Gasteiger partial charge in [-0.05, 0) is 33.6 Å². The molecule has 2 rings (SSSR count). The smallest absolute Gasteiger partial charge is 0.244 e. The Hall–Kier alpha value is -0.480. The molecule has 0 amide bonds. The Morgan fingerprint density at radius 3 is 2.35 bits per heavy atom. The Kier molecular flexibility index (Phi) is 4.55. The van der Waals surface area contributed by atoms with E-state index in [1.807, 2.05) is 0 Å². The topological polar surface area (TPSA) is 91.8 Å². The molecule has 0 atom stereocenters. The summed E-state index contributed by atoms with van der Waals surface area (Å²) in [5, 5.41) is 9.01. The quantitative estimate of drug-likeness (QED) is 0.813. The zero-order valence-electron chi connectivity index (χ0n) is 10.5. The van der Waals surface area contributed by atoms with E-state index in [2.05, 4.69) is 15.9 Å². The Morgan fingerprint density at radius 1 is 1.25 bits per heavy atom. The van der Waals surface area contributed by atoms with Crippen LogP contribution in [0.25, 0.3) is 0 Å². The normalized spacial score (nSPS) is 19.9. The van der Waals surface area contributed by atoms with Crippen LogP contribution in [-0.2, 0) is 26.5 Å². The van der Waals surface area contributed by atoms with Crippen molar-refractivity contribution in [2.24, 2.45) is 0 Å². The first kappa shape index (κ1) is 15.9. The van der Waals surface area contributed by atoms with Gasteiger partial charge in [0.2, 0.25) is 10.0 Å². The van der Waals surface area contributed by atoms with Crippen LogP contribution in [0.5, 0.6) is 0 Å². The molecule has 112 valence electrons. The largest absolute Gasteiger partial charge is 0.392 e. The van der Waals surface area contributed by atoms with Gasteiger partial charge >= 0.3 is 0 Å². The fourth-order valence-electron chi connectivity index (χ4n) is 1.93. The lowest BCUT2D eigenvalue weighted by atomic mass is 10.2. The fraction of sp³-hybridized carbons (Fsp3) is 0.455. The van der Waals surface area contributed by atoms with Crippen LogP contribution in [0, 0.1) is 0 Å². The summed E-state index contributed by atoms with van der Waals surface area (Å²) in [6.07, 6.45) is 0. The summed E-state index contributed by atoms with van der Waals surface area (Å²) in [4.78, 5) is 0.0778. The molecule has 0 aliphatic carbocycles.